The second-order valence-corrected chi connectivity index (χ2v) is 7.70. The van der Waals surface area contributed by atoms with Crippen LogP contribution < -0.4 is 9.47 Å². The highest BCUT2D eigenvalue weighted by atomic mass is 19.4. The Balaban J connectivity index is 2.02. The van der Waals surface area contributed by atoms with Gasteiger partial charge in [0.1, 0.15) is 12.2 Å². The van der Waals surface area contributed by atoms with Crippen molar-refractivity contribution in [2.75, 3.05) is 20.8 Å². The van der Waals surface area contributed by atoms with Crippen molar-refractivity contribution in [2.45, 2.75) is 31.7 Å². The zero-order valence-corrected chi connectivity index (χ0v) is 19.5. The lowest BCUT2D eigenvalue weighted by Crippen LogP contribution is -2.18. The number of nitriles is 1. The van der Waals surface area contributed by atoms with E-state index < -0.39 is 36.6 Å². The van der Waals surface area contributed by atoms with Crippen molar-refractivity contribution in [2.24, 2.45) is 0 Å². The Morgan fingerprint density at radius 3 is 2.58 bits per heavy atom. The number of halogens is 3. The van der Waals surface area contributed by atoms with E-state index >= 15 is 0 Å². The van der Waals surface area contributed by atoms with Crippen molar-refractivity contribution in [3.63, 3.8) is 0 Å². The van der Waals surface area contributed by atoms with Gasteiger partial charge in [0.2, 0.25) is 5.82 Å². The highest BCUT2D eigenvalue weighted by Gasteiger charge is 2.44. The van der Waals surface area contributed by atoms with Gasteiger partial charge in [0.25, 0.3) is 0 Å². The van der Waals surface area contributed by atoms with Crippen LogP contribution in [0.15, 0.2) is 36.4 Å². The van der Waals surface area contributed by atoms with Gasteiger partial charge in [0, 0.05) is 11.1 Å². The number of alkyl halides is 3. The zero-order valence-electron chi connectivity index (χ0n) is 19.5. The molecule has 0 saturated carbocycles. The van der Waals surface area contributed by atoms with Crippen LogP contribution in [0.25, 0.3) is 5.69 Å². The van der Waals surface area contributed by atoms with E-state index in [0.717, 1.165) is 4.57 Å². The zero-order chi connectivity index (χ0) is 26.0. The lowest BCUT2D eigenvalue weighted by atomic mass is 9.96. The molecule has 0 amide bonds. The van der Waals surface area contributed by atoms with Gasteiger partial charge in [-0.2, -0.15) is 18.4 Å². The Kier molecular flexibility index (Phi) is 6.85. The molecule has 12 heteroatoms. The third-order valence-corrected chi connectivity index (χ3v) is 5.58. The molecule has 1 aliphatic heterocycles. The summed E-state index contributed by atoms with van der Waals surface area (Å²) in [4.78, 5) is 12.4. The van der Waals surface area contributed by atoms with E-state index in [1.807, 2.05) is 6.07 Å². The molecule has 36 heavy (non-hydrogen) atoms. The summed E-state index contributed by atoms with van der Waals surface area (Å²) in [5, 5.41) is 16.6. The van der Waals surface area contributed by atoms with Crippen LogP contribution in [-0.2, 0) is 20.4 Å². The average Bonchev–Trinajstić information content (AvgIpc) is 3.26. The molecule has 2 atom stereocenters. The minimum atomic E-state index is -4.86. The number of carbonyl (C=O) groups is 1. The fraction of sp³-hybridized carbons (Fsp3) is 0.333. The van der Waals surface area contributed by atoms with E-state index in [2.05, 4.69) is 10.2 Å². The quantitative estimate of drug-likeness (QED) is 0.460. The van der Waals surface area contributed by atoms with Crippen LogP contribution in [0.2, 0.25) is 0 Å². The predicted molar refractivity (Wildman–Crippen MR) is 118 cm³/mol. The summed E-state index contributed by atoms with van der Waals surface area (Å²) in [5.74, 6) is -1.57. The van der Waals surface area contributed by atoms with Crippen LogP contribution in [0.5, 0.6) is 11.5 Å². The maximum absolute atomic E-state index is 14.0. The van der Waals surface area contributed by atoms with Crippen LogP contribution in [0.3, 0.4) is 0 Å². The van der Waals surface area contributed by atoms with Gasteiger partial charge < -0.3 is 18.9 Å². The van der Waals surface area contributed by atoms with E-state index in [4.69, 9.17) is 18.9 Å². The number of fused-ring (bicyclic) bond motifs is 3. The van der Waals surface area contributed by atoms with Crippen molar-refractivity contribution in [3.8, 4) is 23.3 Å². The summed E-state index contributed by atoms with van der Waals surface area (Å²) >= 11 is 0. The second kappa shape index (κ2) is 9.87. The lowest BCUT2D eigenvalue weighted by molar-refractivity contribution is -0.147. The second-order valence-electron chi connectivity index (χ2n) is 7.70. The van der Waals surface area contributed by atoms with Crippen molar-refractivity contribution >= 4 is 5.97 Å². The first kappa shape index (κ1) is 25.0. The van der Waals surface area contributed by atoms with Gasteiger partial charge in [-0.15, -0.1) is 10.2 Å². The van der Waals surface area contributed by atoms with Crippen molar-refractivity contribution < 1.29 is 36.9 Å². The Labute approximate surface area is 204 Å². The molecule has 0 fully saturated rings. The van der Waals surface area contributed by atoms with Gasteiger partial charge in [0.05, 0.1) is 44.6 Å². The summed E-state index contributed by atoms with van der Waals surface area (Å²) in [6.07, 6.45) is -7.63. The summed E-state index contributed by atoms with van der Waals surface area (Å²) < 4.78 is 65.0. The molecule has 0 N–H and O–H groups in total. The molecule has 1 aliphatic rings. The summed E-state index contributed by atoms with van der Waals surface area (Å²) in [5.41, 5.74) is 0.867. The van der Waals surface area contributed by atoms with Crippen molar-refractivity contribution in [1.82, 2.24) is 14.8 Å². The molecule has 1 aromatic heterocycles. The van der Waals surface area contributed by atoms with E-state index in [1.165, 1.54) is 32.4 Å². The monoisotopic (exact) mass is 502 g/mol. The maximum atomic E-state index is 14.0. The van der Waals surface area contributed by atoms with Crippen LogP contribution in [-0.4, -0.2) is 41.6 Å². The number of carbonyl (C=O) groups excluding carboxylic acids is 1. The Bertz CT molecular complexity index is 1330. The molecular weight excluding hydrogens is 481 g/mol. The lowest BCUT2D eigenvalue weighted by Gasteiger charge is -2.24. The standard InChI is InChI=1S/C24H21F3N4O5/c1-4-35-19(32)11-18-22-29-30-23(24(25,26)27)31(22)16-9-8-13(12-28)10-15(16)20(36-18)14-6-5-7-17(33-2)21(14)34-3/h5-10,18,20H,4,11H2,1-3H3. The normalized spacial score (nSPS) is 16.8. The van der Waals surface area contributed by atoms with Crippen LogP contribution in [0.4, 0.5) is 13.2 Å². The average molecular weight is 502 g/mol. The number of benzene rings is 2. The number of rotatable bonds is 6. The Morgan fingerprint density at radius 2 is 1.94 bits per heavy atom. The highest BCUT2D eigenvalue weighted by Crippen LogP contribution is 2.47. The number of aromatic nitrogens is 3. The molecule has 188 valence electrons. The molecule has 2 aromatic carbocycles. The summed E-state index contributed by atoms with van der Waals surface area (Å²) in [6, 6.07) is 11.1. The first-order valence-corrected chi connectivity index (χ1v) is 10.8. The number of hydrogen-bond acceptors (Lipinski definition) is 8. The van der Waals surface area contributed by atoms with E-state index in [-0.39, 0.29) is 35.0 Å². The number of esters is 1. The number of hydrogen-bond donors (Lipinski definition) is 0. The number of para-hydroxylation sites is 1. The van der Waals surface area contributed by atoms with Gasteiger partial charge in [-0.1, -0.05) is 12.1 Å². The predicted octanol–water partition coefficient (Wildman–Crippen LogP) is 4.29. The molecule has 0 aliphatic carbocycles. The van der Waals surface area contributed by atoms with E-state index in [1.54, 1.807) is 25.1 Å². The van der Waals surface area contributed by atoms with Crippen molar-refractivity contribution in [1.29, 1.82) is 5.26 Å². The molecule has 2 heterocycles. The number of nitrogens with zero attached hydrogens (tertiary/aromatic N) is 4. The van der Waals surface area contributed by atoms with Crippen LogP contribution in [0.1, 0.15) is 53.9 Å². The van der Waals surface area contributed by atoms with E-state index in [0.29, 0.717) is 11.3 Å². The SMILES string of the molecule is CCOC(=O)CC1OC(c2cccc(OC)c2OC)c2cc(C#N)ccc2-n2c1nnc2C(F)(F)F. The van der Waals surface area contributed by atoms with Crippen molar-refractivity contribution in [3.05, 3.63) is 64.7 Å². The Hall–Kier alpha value is -4.11. The van der Waals surface area contributed by atoms with E-state index in [9.17, 15) is 23.2 Å². The highest BCUT2D eigenvalue weighted by molar-refractivity contribution is 5.70. The minimum absolute atomic E-state index is 0.0440. The molecule has 0 spiro atoms. The third-order valence-electron chi connectivity index (χ3n) is 5.58. The molecule has 9 nitrogen and oxygen atoms in total. The Morgan fingerprint density at radius 1 is 1.17 bits per heavy atom. The first-order chi connectivity index (χ1) is 17.2. The largest absolute Gasteiger partial charge is 0.493 e. The van der Waals surface area contributed by atoms with Gasteiger partial charge in [0.15, 0.2) is 17.3 Å². The topological polar surface area (TPSA) is 108 Å². The molecule has 2 unspecified atom stereocenters. The van der Waals surface area contributed by atoms with Gasteiger partial charge in [-0.05, 0) is 31.2 Å². The molecule has 3 aromatic rings. The van der Waals surface area contributed by atoms with Gasteiger partial charge >= 0.3 is 12.1 Å². The fourth-order valence-corrected chi connectivity index (χ4v) is 4.13. The molecule has 0 radical (unpaired) electrons. The number of methoxy groups -OCH3 is 2. The molecular formula is C24H21F3N4O5. The smallest absolute Gasteiger partial charge is 0.452 e. The third kappa shape index (κ3) is 4.45. The molecule has 4 rings (SSSR count). The van der Waals surface area contributed by atoms with Crippen LogP contribution >= 0.6 is 0 Å². The summed E-state index contributed by atoms with van der Waals surface area (Å²) in [6.45, 7) is 1.68. The van der Waals surface area contributed by atoms with Gasteiger partial charge in [-0.3, -0.25) is 9.36 Å². The fourth-order valence-electron chi connectivity index (χ4n) is 4.13. The van der Waals surface area contributed by atoms with Crippen LogP contribution in [0, 0.1) is 11.3 Å². The molecule has 0 bridgehead atoms. The maximum Gasteiger partial charge on any atom is 0.452 e. The molecule has 0 saturated heterocycles. The first-order valence-electron chi connectivity index (χ1n) is 10.8. The van der Waals surface area contributed by atoms with Gasteiger partial charge in [-0.25, -0.2) is 0 Å². The summed E-state index contributed by atoms with van der Waals surface area (Å²) in [7, 11) is 2.86. The number of ether oxygens (including phenoxy) is 4. The minimum Gasteiger partial charge on any atom is -0.493 e.